The van der Waals surface area contributed by atoms with E-state index in [4.69, 9.17) is 26.4 Å². The van der Waals surface area contributed by atoms with E-state index in [1.807, 2.05) is 62.4 Å². The van der Waals surface area contributed by atoms with Crippen LogP contribution in [0.1, 0.15) is 18.1 Å². The summed E-state index contributed by atoms with van der Waals surface area (Å²) in [6.07, 6.45) is 1.82. The van der Waals surface area contributed by atoms with Crippen molar-refractivity contribution >= 4 is 40.3 Å². The van der Waals surface area contributed by atoms with E-state index < -0.39 is 0 Å². The maximum atomic E-state index is 12.4. The summed E-state index contributed by atoms with van der Waals surface area (Å²) in [6, 6.07) is 13.4. The summed E-state index contributed by atoms with van der Waals surface area (Å²) < 4.78 is 17.6. The molecule has 2 aromatic rings. The third-order valence-corrected chi connectivity index (χ3v) is 5.75. The van der Waals surface area contributed by atoms with Gasteiger partial charge in [0, 0.05) is 6.54 Å². The van der Waals surface area contributed by atoms with Crippen LogP contribution < -0.4 is 14.2 Å². The summed E-state index contributed by atoms with van der Waals surface area (Å²) in [4.78, 5) is 14.6. The lowest BCUT2D eigenvalue weighted by molar-refractivity contribution is -0.121. The highest BCUT2D eigenvalue weighted by molar-refractivity contribution is 8.26. The number of hydrogen-bond donors (Lipinski definition) is 0. The molecule has 1 aliphatic rings. The van der Waals surface area contributed by atoms with E-state index in [2.05, 4.69) is 0 Å². The van der Waals surface area contributed by atoms with E-state index in [1.54, 1.807) is 12.0 Å². The van der Waals surface area contributed by atoms with Crippen LogP contribution in [0.2, 0.25) is 0 Å². The van der Waals surface area contributed by atoms with Crippen molar-refractivity contribution in [1.29, 1.82) is 0 Å². The molecule has 0 saturated carbocycles. The highest BCUT2D eigenvalue weighted by atomic mass is 32.2. The van der Waals surface area contributed by atoms with Gasteiger partial charge in [-0.2, -0.15) is 0 Å². The molecule has 1 saturated heterocycles. The van der Waals surface area contributed by atoms with Crippen LogP contribution in [0.15, 0.2) is 47.4 Å². The average molecular weight is 430 g/mol. The third kappa shape index (κ3) is 5.10. The molecule has 0 N–H and O–H groups in total. The van der Waals surface area contributed by atoms with Crippen molar-refractivity contribution in [3.05, 3.63) is 58.5 Å². The van der Waals surface area contributed by atoms with E-state index in [1.165, 1.54) is 11.8 Å². The van der Waals surface area contributed by atoms with Crippen molar-refractivity contribution in [2.75, 3.05) is 26.9 Å². The summed E-state index contributed by atoms with van der Waals surface area (Å²) in [7, 11) is 1.59. The molecular formula is C22H23NO4S2. The van der Waals surface area contributed by atoms with E-state index in [9.17, 15) is 4.79 Å². The molecule has 0 bridgehead atoms. The Kier molecular flexibility index (Phi) is 7.17. The molecule has 0 radical (unpaired) electrons. The van der Waals surface area contributed by atoms with Crippen molar-refractivity contribution in [1.82, 2.24) is 4.90 Å². The smallest absolute Gasteiger partial charge is 0.266 e. The molecule has 0 aromatic heterocycles. The summed E-state index contributed by atoms with van der Waals surface area (Å²) in [5, 5.41) is 0. The maximum absolute atomic E-state index is 12.4. The van der Waals surface area contributed by atoms with Gasteiger partial charge in [0.2, 0.25) is 0 Å². The van der Waals surface area contributed by atoms with Gasteiger partial charge in [-0.1, -0.05) is 48.2 Å². The maximum Gasteiger partial charge on any atom is 0.266 e. The van der Waals surface area contributed by atoms with Crippen LogP contribution in [-0.4, -0.2) is 42.0 Å². The number of hydrogen-bond acceptors (Lipinski definition) is 6. The van der Waals surface area contributed by atoms with Gasteiger partial charge in [0.25, 0.3) is 5.91 Å². The Bertz CT molecular complexity index is 942. The topological polar surface area (TPSA) is 48.0 Å². The second-order valence-corrected chi connectivity index (χ2v) is 7.97. The average Bonchev–Trinajstić information content (AvgIpc) is 2.99. The molecule has 2 aromatic carbocycles. The number of para-hydroxylation sites is 1. The SMILES string of the molecule is CCN1C(=O)/C(=C/c2ccc(OCCOc3ccccc3C)c(OC)c2)SC1=S. The minimum Gasteiger partial charge on any atom is -0.493 e. The first kappa shape index (κ1) is 21.2. The second-order valence-electron chi connectivity index (χ2n) is 6.30. The van der Waals surface area contributed by atoms with Gasteiger partial charge in [-0.15, -0.1) is 0 Å². The first-order valence-electron chi connectivity index (χ1n) is 9.28. The van der Waals surface area contributed by atoms with Gasteiger partial charge in [0.05, 0.1) is 12.0 Å². The van der Waals surface area contributed by atoms with Crippen LogP contribution in [0.25, 0.3) is 6.08 Å². The zero-order chi connectivity index (χ0) is 20.8. The van der Waals surface area contributed by atoms with E-state index >= 15 is 0 Å². The lowest BCUT2D eigenvalue weighted by Gasteiger charge is -2.13. The lowest BCUT2D eigenvalue weighted by atomic mass is 10.2. The summed E-state index contributed by atoms with van der Waals surface area (Å²) in [5.41, 5.74) is 1.94. The van der Waals surface area contributed by atoms with Crippen LogP contribution in [-0.2, 0) is 4.79 Å². The molecule has 0 spiro atoms. The number of carbonyl (C=O) groups is 1. The fourth-order valence-corrected chi connectivity index (χ4v) is 4.22. The van der Waals surface area contributed by atoms with Gasteiger partial charge in [0.15, 0.2) is 11.5 Å². The quantitative estimate of drug-likeness (QED) is 0.345. The molecule has 1 heterocycles. The Balaban J connectivity index is 1.63. The first-order chi connectivity index (χ1) is 14.0. The van der Waals surface area contributed by atoms with Crippen molar-refractivity contribution in [3.63, 3.8) is 0 Å². The number of likely N-dealkylation sites (N-methyl/N-ethyl adjacent to an activating group) is 1. The molecule has 1 aliphatic heterocycles. The Morgan fingerprint density at radius 1 is 1.07 bits per heavy atom. The number of thiocarbonyl (C=S) groups is 1. The van der Waals surface area contributed by atoms with Crippen LogP contribution in [0.4, 0.5) is 0 Å². The number of carbonyl (C=O) groups excluding carboxylic acids is 1. The first-order valence-corrected chi connectivity index (χ1v) is 10.5. The Labute approximate surface area is 180 Å². The van der Waals surface area contributed by atoms with Crippen molar-refractivity contribution in [2.24, 2.45) is 0 Å². The normalized spacial score (nSPS) is 15.1. The zero-order valence-electron chi connectivity index (χ0n) is 16.6. The van der Waals surface area contributed by atoms with Gasteiger partial charge < -0.3 is 14.2 Å². The number of rotatable bonds is 8. The van der Waals surface area contributed by atoms with Crippen LogP contribution >= 0.6 is 24.0 Å². The number of thioether (sulfide) groups is 1. The standard InChI is InChI=1S/C22H23NO4S2/c1-4-23-21(24)20(29-22(23)28)14-16-9-10-18(19(13-16)25-3)27-12-11-26-17-8-6-5-7-15(17)2/h5-10,13-14H,4,11-12H2,1-3H3/b20-14-. The van der Waals surface area contributed by atoms with E-state index in [-0.39, 0.29) is 5.91 Å². The molecule has 29 heavy (non-hydrogen) atoms. The Hall–Kier alpha value is -2.51. The third-order valence-electron chi connectivity index (χ3n) is 4.37. The summed E-state index contributed by atoms with van der Waals surface area (Å²) >= 11 is 6.57. The van der Waals surface area contributed by atoms with Gasteiger partial charge in [-0.05, 0) is 49.2 Å². The Morgan fingerprint density at radius 2 is 1.79 bits per heavy atom. The number of methoxy groups -OCH3 is 1. The van der Waals surface area contributed by atoms with Crippen molar-refractivity contribution in [3.8, 4) is 17.2 Å². The van der Waals surface area contributed by atoms with Crippen molar-refractivity contribution in [2.45, 2.75) is 13.8 Å². The van der Waals surface area contributed by atoms with E-state index in [0.717, 1.165) is 16.9 Å². The van der Waals surface area contributed by atoms with Crippen LogP contribution in [0.5, 0.6) is 17.2 Å². The predicted octanol–water partition coefficient (Wildman–Crippen LogP) is 4.68. The molecule has 3 rings (SSSR count). The van der Waals surface area contributed by atoms with Crippen molar-refractivity contribution < 1.29 is 19.0 Å². The number of ether oxygens (including phenoxy) is 3. The number of benzene rings is 2. The minimum atomic E-state index is -0.0600. The molecular weight excluding hydrogens is 406 g/mol. The minimum absolute atomic E-state index is 0.0600. The molecule has 7 heteroatoms. The fourth-order valence-electron chi connectivity index (χ4n) is 2.84. The monoisotopic (exact) mass is 429 g/mol. The highest BCUT2D eigenvalue weighted by Gasteiger charge is 2.30. The largest absolute Gasteiger partial charge is 0.493 e. The van der Waals surface area contributed by atoms with E-state index in [0.29, 0.717) is 40.5 Å². The lowest BCUT2D eigenvalue weighted by Crippen LogP contribution is -2.27. The molecule has 1 amide bonds. The number of aryl methyl sites for hydroxylation is 1. The molecule has 0 atom stereocenters. The summed E-state index contributed by atoms with van der Waals surface area (Å²) in [6.45, 7) is 5.30. The van der Waals surface area contributed by atoms with Crippen LogP contribution in [0, 0.1) is 6.92 Å². The number of nitrogens with zero attached hydrogens (tertiary/aromatic N) is 1. The zero-order valence-corrected chi connectivity index (χ0v) is 18.3. The molecule has 0 aliphatic carbocycles. The molecule has 152 valence electrons. The number of amides is 1. The van der Waals surface area contributed by atoms with Gasteiger partial charge in [-0.25, -0.2) is 0 Å². The summed E-state index contributed by atoms with van der Waals surface area (Å²) in [5.74, 6) is 2.01. The molecule has 0 unspecified atom stereocenters. The van der Waals surface area contributed by atoms with Crippen LogP contribution in [0.3, 0.4) is 0 Å². The van der Waals surface area contributed by atoms with Gasteiger partial charge in [0.1, 0.15) is 23.3 Å². The fraction of sp³-hybridized carbons (Fsp3) is 0.273. The predicted molar refractivity (Wildman–Crippen MR) is 121 cm³/mol. The molecule has 5 nitrogen and oxygen atoms in total. The second kappa shape index (κ2) is 9.80. The van der Waals surface area contributed by atoms with Gasteiger partial charge >= 0.3 is 0 Å². The highest BCUT2D eigenvalue weighted by Crippen LogP contribution is 2.34. The van der Waals surface area contributed by atoms with Gasteiger partial charge in [-0.3, -0.25) is 9.69 Å². The molecule has 1 fully saturated rings. The Morgan fingerprint density at radius 3 is 2.45 bits per heavy atom.